The lowest BCUT2D eigenvalue weighted by Crippen LogP contribution is -2.42. The summed E-state index contributed by atoms with van der Waals surface area (Å²) in [6.07, 6.45) is 2.21. The molecule has 0 radical (unpaired) electrons. The molecular formula is C15H23NO2. The van der Waals surface area contributed by atoms with E-state index in [1.807, 2.05) is 32.0 Å². The number of hydrogen-bond donors (Lipinski definition) is 2. The zero-order valence-electron chi connectivity index (χ0n) is 11.5. The molecule has 3 nitrogen and oxygen atoms in total. The van der Waals surface area contributed by atoms with Gasteiger partial charge in [-0.15, -0.1) is 0 Å². The average Bonchev–Trinajstić information content (AvgIpc) is 2.39. The molecule has 100 valence electrons. The maximum Gasteiger partial charge on any atom is 0.119 e. The molecule has 2 unspecified atom stereocenters. The summed E-state index contributed by atoms with van der Waals surface area (Å²) in [5.41, 5.74) is 1.32. The van der Waals surface area contributed by atoms with Crippen molar-refractivity contribution in [3.8, 4) is 5.75 Å². The molecule has 1 aromatic carbocycles. The van der Waals surface area contributed by atoms with E-state index in [9.17, 15) is 5.11 Å². The molecule has 0 saturated carbocycles. The van der Waals surface area contributed by atoms with E-state index in [0.29, 0.717) is 0 Å². The van der Waals surface area contributed by atoms with Gasteiger partial charge in [-0.25, -0.2) is 0 Å². The highest BCUT2D eigenvalue weighted by molar-refractivity contribution is 5.38. The molecule has 1 heterocycles. The largest absolute Gasteiger partial charge is 0.497 e. The molecule has 0 bridgehead atoms. The molecule has 2 N–H and O–H groups in total. The fraction of sp³-hybridized carbons (Fsp3) is 0.600. The molecule has 1 aliphatic rings. The van der Waals surface area contributed by atoms with Crippen molar-refractivity contribution >= 4 is 0 Å². The van der Waals surface area contributed by atoms with Gasteiger partial charge in [0.2, 0.25) is 0 Å². The SMILES string of the molecule is COc1ccc(C(C)(O)C2CCCNC2)c(C)c1. The van der Waals surface area contributed by atoms with Crippen LogP contribution in [0.15, 0.2) is 18.2 Å². The van der Waals surface area contributed by atoms with Gasteiger partial charge in [-0.1, -0.05) is 6.07 Å². The van der Waals surface area contributed by atoms with Crippen LogP contribution in [-0.2, 0) is 5.60 Å². The second-order valence-electron chi connectivity index (χ2n) is 5.37. The number of nitrogens with one attached hydrogen (secondary N) is 1. The van der Waals surface area contributed by atoms with Crippen molar-refractivity contribution in [3.63, 3.8) is 0 Å². The summed E-state index contributed by atoms with van der Waals surface area (Å²) >= 11 is 0. The van der Waals surface area contributed by atoms with Crippen molar-refractivity contribution in [2.24, 2.45) is 5.92 Å². The van der Waals surface area contributed by atoms with E-state index in [4.69, 9.17) is 4.74 Å². The first-order chi connectivity index (χ1) is 8.55. The summed E-state index contributed by atoms with van der Waals surface area (Å²) in [7, 11) is 1.66. The molecule has 18 heavy (non-hydrogen) atoms. The molecule has 1 saturated heterocycles. The molecule has 0 spiro atoms. The Kier molecular flexibility index (Phi) is 3.93. The van der Waals surface area contributed by atoms with Crippen molar-refractivity contribution in [2.75, 3.05) is 20.2 Å². The first-order valence-electron chi connectivity index (χ1n) is 6.64. The molecule has 0 aliphatic carbocycles. The first kappa shape index (κ1) is 13.4. The third-order valence-corrected chi connectivity index (χ3v) is 4.07. The molecule has 0 aromatic heterocycles. The number of piperidine rings is 1. The van der Waals surface area contributed by atoms with Crippen molar-refractivity contribution in [3.05, 3.63) is 29.3 Å². The number of hydrogen-bond acceptors (Lipinski definition) is 3. The van der Waals surface area contributed by atoms with Gasteiger partial charge in [-0.2, -0.15) is 0 Å². The van der Waals surface area contributed by atoms with Gasteiger partial charge in [0.25, 0.3) is 0 Å². The lowest BCUT2D eigenvalue weighted by Gasteiger charge is -2.37. The van der Waals surface area contributed by atoms with Gasteiger partial charge in [0.15, 0.2) is 0 Å². The highest BCUT2D eigenvalue weighted by atomic mass is 16.5. The molecule has 1 aliphatic heterocycles. The minimum atomic E-state index is -0.774. The van der Waals surface area contributed by atoms with Crippen LogP contribution in [0, 0.1) is 12.8 Å². The Labute approximate surface area is 109 Å². The Bertz CT molecular complexity index is 409. The van der Waals surface area contributed by atoms with Crippen LogP contribution in [0.2, 0.25) is 0 Å². The Hall–Kier alpha value is -1.06. The van der Waals surface area contributed by atoms with E-state index in [1.54, 1.807) is 7.11 Å². The second kappa shape index (κ2) is 5.29. The monoisotopic (exact) mass is 249 g/mol. The van der Waals surface area contributed by atoms with Crippen LogP contribution in [0.1, 0.15) is 30.9 Å². The van der Waals surface area contributed by atoms with Crippen LogP contribution >= 0.6 is 0 Å². The average molecular weight is 249 g/mol. The maximum atomic E-state index is 10.9. The number of aryl methyl sites for hydroxylation is 1. The van der Waals surface area contributed by atoms with Crippen molar-refractivity contribution in [1.29, 1.82) is 0 Å². The summed E-state index contributed by atoms with van der Waals surface area (Å²) in [5.74, 6) is 1.12. The number of rotatable bonds is 3. The van der Waals surface area contributed by atoms with Crippen molar-refractivity contribution < 1.29 is 9.84 Å². The fourth-order valence-electron chi connectivity index (χ4n) is 2.88. The number of methoxy groups -OCH3 is 1. The quantitative estimate of drug-likeness (QED) is 0.863. The van der Waals surface area contributed by atoms with E-state index in [2.05, 4.69) is 5.32 Å². The number of ether oxygens (including phenoxy) is 1. The summed E-state index contributed by atoms with van der Waals surface area (Å²) < 4.78 is 5.21. The summed E-state index contributed by atoms with van der Waals surface area (Å²) in [4.78, 5) is 0. The zero-order valence-corrected chi connectivity index (χ0v) is 11.5. The van der Waals surface area contributed by atoms with E-state index >= 15 is 0 Å². The third-order valence-electron chi connectivity index (χ3n) is 4.07. The molecule has 2 rings (SSSR count). The molecule has 3 heteroatoms. The van der Waals surface area contributed by atoms with E-state index in [0.717, 1.165) is 42.8 Å². The summed E-state index contributed by atoms with van der Waals surface area (Å²) in [6, 6.07) is 5.90. The van der Waals surface area contributed by atoms with Crippen LogP contribution in [-0.4, -0.2) is 25.3 Å². The molecule has 0 amide bonds. The highest BCUT2D eigenvalue weighted by Crippen LogP contribution is 2.36. The van der Waals surface area contributed by atoms with E-state index < -0.39 is 5.60 Å². The predicted molar refractivity (Wildman–Crippen MR) is 72.9 cm³/mol. The summed E-state index contributed by atoms with van der Waals surface area (Å²) in [5, 5.41) is 14.2. The van der Waals surface area contributed by atoms with Gasteiger partial charge in [0, 0.05) is 12.5 Å². The smallest absolute Gasteiger partial charge is 0.119 e. The van der Waals surface area contributed by atoms with E-state index in [1.165, 1.54) is 0 Å². The van der Waals surface area contributed by atoms with Gasteiger partial charge < -0.3 is 15.2 Å². The molecular weight excluding hydrogens is 226 g/mol. The van der Waals surface area contributed by atoms with Crippen LogP contribution < -0.4 is 10.1 Å². The Morgan fingerprint density at radius 3 is 2.78 bits per heavy atom. The Morgan fingerprint density at radius 2 is 2.22 bits per heavy atom. The van der Waals surface area contributed by atoms with Crippen LogP contribution in [0.4, 0.5) is 0 Å². The van der Waals surface area contributed by atoms with Crippen LogP contribution in [0.25, 0.3) is 0 Å². The van der Waals surface area contributed by atoms with Crippen molar-refractivity contribution in [2.45, 2.75) is 32.3 Å². The van der Waals surface area contributed by atoms with Gasteiger partial charge >= 0.3 is 0 Å². The molecule has 1 fully saturated rings. The van der Waals surface area contributed by atoms with Crippen LogP contribution in [0.3, 0.4) is 0 Å². The zero-order chi connectivity index (χ0) is 13.2. The normalized spacial score (nSPS) is 23.4. The topological polar surface area (TPSA) is 41.5 Å². The van der Waals surface area contributed by atoms with Gasteiger partial charge in [-0.3, -0.25) is 0 Å². The standard InChI is InChI=1S/C15H23NO2/c1-11-9-13(18-3)6-7-14(11)15(2,17)12-5-4-8-16-10-12/h6-7,9,12,16-17H,4-5,8,10H2,1-3H3. The van der Waals surface area contributed by atoms with Gasteiger partial charge in [0.05, 0.1) is 12.7 Å². The van der Waals surface area contributed by atoms with Gasteiger partial charge in [0.1, 0.15) is 5.75 Å². The maximum absolute atomic E-state index is 10.9. The Morgan fingerprint density at radius 1 is 1.44 bits per heavy atom. The third kappa shape index (κ3) is 2.52. The molecule has 2 atom stereocenters. The number of benzene rings is 1. The lowest BCUT2D eigenvalue weighted by atomic mass is 9.77. The second-order valence-corrected chi connectivity index (χ2v) is 5.37. The predicted octanol–water partition coefficient (Wildman–Crippen LogP) is 2.21. The molecule has 1 aromatic rings. The van der Waals surface area contributed by atoms with Gasteiger partial charge in [-0.05, 0) is 56.5 Å². The summed E-state index contributed by atoms with van der Waals surface area (Å²) in [6.45, 7) is 5.91. The first-order valence-corrected chi connectivity index (χ1v) is 6.64. The highest BCUT2D eigenvalue weighted by Gasteiger charge is 2.35. The van der Waals surface area contributed by atoms with Crippen LogP contribution in [0.5, 0.6) is 5.75 Å². The lowest BCUT2D eigenvalue weighted by molar-refractivity contribution is -0.0161. The fourth-order valence-corrected chi connectivity index (χ4v) is 2.88. The van der Waals surface area contributed by atoms with Crippen molar-refractivity contribution in [1.82, 2.24) is 5.32 Å². The Balaban J connectivity index is 2.27. The minimum absolute atomic E-state index is 0.276. The number of aliphatic hydroxyl groups is 1. The van der Waals surface area contributed by atoms with E-state index in [-0.39, 0.29) is 5.92 Å². The minimum Gasteiger partial charge on any atom is -0.497 e.